The van der Waals surface area contributed by atoms with Crippen LogP contribution in [0.15, 0.2) is 24.3 Å². The molecule has 0 aliphatic carbocycles. The molecule has 2 N–H and O–H groups in total. The van der Waals surface area contributed by atoms with Gasteiger partial charge in [-0.2, -0.15) is 5.10 Å². The van der Waals surface area contributed by atoms with Gasteiger partial charge in [0, 0.05) is 17.7 Å². The minimum absolute atomic E-state index is 0.112. The molecule has 1 aromatic carbocycles. The zero-order valence-electron chi connectivity index (χ0n) is 10.8. The van der Waals surface area contributed by atoms with Crippen molar-refractivity contribution < 1.29 is 18.3 Å². The largest absolute Gasteiger partial charge is 0.465 e. The number of hydrogen-bond donors (Lipinski definition) is 1. The van der Waals surface area contributed by atoms with E-state index in [1.165, 1.54) is 16.8 Å². The Bertz CT molecular complexity index is 641. The fourth-order valence-electron chi connectivity index (χ4n) is 1.72. The summed E-state index contributed by atoms with van der Waals surface area (Å²) in [5.74, 6) is -1.72. The van der Waals surface area contributed by atoms with Crippen molar-refractivity contribution in [3.05, 3.63) is 35.9 Å². The SMILES string of the molecule is CCOC(=O)Cn1nc(-c2ccc(F)cc2F)cc1N. The zero-order valence-corrected chi connectivity index (χ0v) is 10.8. The predicted octanol–water partition coefficient (Wildman–Crippen LogP) is 1.97. The van der Waals surface area contributed by atoms with E-state index in [2.05, 4.69) is 5.10 Å². The molecule has 0 saturated heterocycles. The van der Waals surface area contributed by atoms with E-state index >= 15 is 0 Å². The number of nitrogen functional groups attached to an aromatic ring is 1. The van der Waals surface area contributed by atoms with Crippen LogP contribution in [0.2, 0.25) is 0 Å². The number of aromatic nitrogens is 2. The molecule has 20 heavy (non-hydrogen) atoms. The van der Waals surface area contributed by atoms with Crippen molar-refractivity contribution in [2.75, 3.05) is 12.3 Å². The van der Waals surface area contributed by atoms with E-state index < -0.39 is 17.6 Å². The molecule has 7 heteroatoms. The summed E-state index contributed by atoms with van der Waals surface area (Å²) >= 11 is 0. The van der Waals surface area contributed by atoms with Gasteiger partial charge < -0.3 is 10.5 Å². The first-order valence-corrected chi connectivity index (χ1v) is 5.95. The number of esters is 1. The van der Waals surface area contributed by atoms with Gasteiger partial charge in [0.25, 0.3) is 0 Å². The van der Waals surface area contributed by atoms with E-state index in [1.54, 1.807) is 6.92 Å². The first kappa shape index (κ1) is 14.0. The van der Waals surface area contributed by atoms with E-state index in [4.69, 9.17) is 10.5 Å². The number of anilines is 1. The number of benzene rings is 1. The van der Waals surface area contributed by atoms with Gasteiger partial charge in [-0.3, -0.25) is 4.79 Å². The number of nitrogens with two attached hydrogens (primary N) is 1. The number of hydrogen-bond acceptors (Lipinski definition) is 4. The Morgan fingerprint density at radius 1 is 1.40 bits per heavy atom. The molecule has 5 nitrogen and oxygen atoms in total. The fraction of sp³-hybridized carbons (Fsp3) is 0.231. The number of carbonyl (C=O) groups excluding carboxylic acids is 1. The van der Waals surface area contributed by atoms with Crippen LogP contribution in [-0.2, 0) is 16.1 Å². The highest BCUT2D eigenvalue weighted by molar-refractivity contribution is 5.70. The Morgan fingerprint density at radius 3 is 2.80 bits per heavy atom. The maximum absolute atomic E-state index is 13.6. The number of carbonyl (C=O) groups is 1. The van der Waals surface area contributed by atoms with Gasteiger partial charge in [0.2, 0.25) is 0 Å². The van der Waals surface area contributed by atoms with Crippen LogP contribution in [0.5, 0.6) is 0 Å². The average Bonchev–Trinajstić information content (AvgIpc) is 2.70. The van der Waals surface area contributed by atoms with Gasteiger partial charge in [-0.05, 0) is 19.1 Å². The Morgan fingerprint density at radius 2 is 2.15 bits per heavy atom. The highest BCUT2D eigenvalue weighted by atomic mass is 19.1. The maximum Gasteiger partial charge on any atom is 0.327 e. The molecule has 0 bridgehead atoms. The van der Waals surface area contributed by atoms with E-state index in [9.17, 15) is 13.6 Å². The number of halogens is 2. The van der Waals surface area contributed by atoms with Crippen molar-refractivity contribution >= 4 is 11.8 Å². The van der Waals surface area contributed by atoms with Gasteiger partial charge in [0.1, 0.15) is 24.0 Å². The zero-order chi connectivity index (χ0) is 14.7. The lowest BCUT2D eigenvalue weighted by Gasteiger charge is -2.03. The molecule has 0 radical (unpaired) electrons. The summed E-state index contributed by atoms with van der Waals surface area (Å²) in [6, 6.07) is 4.56. The molecule has 2 rings (SSSR count). The monoisotopic (exact) mass is 281 g/mol. The Kier molecular flexibility index (Phi) is 3.97. The lowest BCUT2D eigenvalue weighted by molar-refractivity contribution is -0.143. The van der Waals surface area contributed by atoms with Crippen LogP contribution < -0.4 is 5.73 Å². The van der Waals surface area contributed by atoms with Crippen molar-refractivity contribution in [3.63, 3.8) is 0 Å². The van der Waals surface area contributed by atoms with Crippen LogP contribution in [0, 0.1) is 11.6 Å². The van der Waals surface area contributed by atoms with Crippen LogP contribution in [0.25, 0.3) is 11.3 Å². The van der Waals surface area contributed by atoms with E-state index in [0.717, 1.165) is 12.1 Å². The van der Waals surface area contributed by atoms with Gasteiger partial charge in [0.15, 0.2) is 0 Å². The molecule has 0 amide bonds. The minimum atomic E-state index is -0.745. The van der Waals surface area contributed by atoms with Gasteiger partial charge in [-0.15, -0.1) is 0 Å². The molecule has 0 saturated carbocycles. The number of rotatable bonds is 4. The molecule has 0 unspecified atom stereocenters. The minimum Gasteiger partial charge on any atom is -0.465 e. The topological polar surface area (TPSA) is 70.1 Å². The standard InChI is InChI=1S/C13H13F2N3O2/c1-2-20-13(19)7-18-12(16)6-11(17-18)9-4-3-8(14)5-10(9)15/h3-6H,2,7,16H2,1H3. The van der Waals surface area contributed by atoms with Crippen molar-refractivity contribution in [1.82, 2.24) is 9.78 Å². The van der Waals surface area contributed by atoms with Gasteiger partial charge >= 0.3 is 5.97 Å². The van der Waals surface area contributed by atoms with Crippen molar-refractivity contribution in [2.24, 2.45) is 0 Å². The predicted molar refractivity (Wildman–Crippen MR) is 68.6 cm³/mol. The Balaban J connectivity index is 2.28. The summed E-state index contributed by atoms with van der Waals surface area (Å²) in [5.41, 5.74) is 6.04. The molecule has 106 valence electrons. The molecule has 2 aromatic rings. The summed E-state index contributed by atoms with van der Waals surface area (Å²) < 4.78 is 32.5. The Hall–Kier alpha value is -2.44. The van der Waals surface area contributed by atoms with Crippen molar-refractivity contribution in [3.8, 4) is 11.3 Å². The molecule has 0 fully saturated rings. The molecule has 0 atom stereocenters. The Labute approximate surface area is 114 Å². The smallest absolute Gasteiger partial charge is 0.327 e. The first-order valence-electron chi connectivity index (χ1n) is 5.95. The molecular formula is C13H13F2N3O2. The fourth-order valence-corrected chi connectivity index (χ4v) is 1.72. The summed E-state index contributed by atoms with van der Waals surface area (Å²) in [6.07, 6.45) is 0. The van der Waals surface area contributed by atoms with E-state index in [0.29, 0.717) is 0 Å². The van der Waals surface area contributed by atoms with Crippen molar-refractivity contribution in [1.29, 1.82) is 0 Å². The second-order valence-corrected chi connectivity index (χ2v) is 4.04. The molecule has 0 aliphatic heterocycles. The second-order valence-electron chi connectivity index (χ2n) is 4.04. The maximum atomic E-state index is 13.6. The van der Waals surface area contributed by atoms with Gasteiger partial charge in [-0.25, -0.2) is 13.5 Å². The summed E-state index contributed by atoms with van der Waals surface area (Å²) in [4.78, 5) is 11.4. The first-order chi connectivity index (χ1) is 9.51. The summed E-state index contributed by atoms with van der Waals surface area (Å²) in [7, 11) is 0. The number of ether oxygens (including phenoxy) is 1. The number of nitrogens with zero attached hydrogens (tertiary/aromatic N) is 2. The average molecular weight is 281 g/mol. The second kappa shape index (κ2) is 5.68. The lowest BCUT2D eigenvalue weighted by atomic mass is 10.1. The third-order valence-electron chi connectivity index (χ3n) is 2.60. The summed E-state index contributed by atoms with van der Waals surface area (Å²) in [6.45, 7) is 1.77. The lowest BCUT2D eigenvalue weighted by Crippen LogP contribution is -2.16. The molecular weight excluding hydrogens is 268 g/mol. The third kappa shape index (κ3) is 2.93. The molecule has 1 aromatic heterocycles. The van der Waals surface area contributed by atoms with Crippen molar-refractivity contribution in [2.45, 2.75) is 13.5 Å². The van der Waals surface area contributed by atoms with Crippen LogP contribution in [0.4, 0.5) is 14.6 Å². The van der Waals surface area contributed by atoms with Crippen LogP contribution in [0.1, 0.15) is 6.92 Å². The molecule has 0 aliphatic rings. The highest BCUT2D eigenvalue weighted by Gasteiger charge is 2.14. The third-order valence-corrected chi connectivity index (χ3v) is 2.60. The van der Waals surface area contributed by atoms with Crippen LogP contribution >= 0.6 is 0 Å². The molecule has 0 spiro atoms. The van der Waals surface area contributed by atoms with E-state index in [-0.39, 0.29) is 30.2 Å². The summed E-state index contributed by atoms with van der Waals surface area (Å²) in [5, 5.41) is 4.02. The molecule has 1 heterocycles. The van der Waals surface area contributed by atoms with Gasteiger partial charge in [-0.1, -0.05) is 0 Å². The van der Waals surface area contributed by atoms with Crippen LogP contribution in [-0.4, -0.2) is 22.4 Å². The van der Waals surface area contributed by atoms with E-state index in [1.807, 2.05) is 0 Å². The highest BCUT2D eigenvalue weighted by Crippen LogP contribution is 2.24. The van der Waals surface area contributed by atoms with Gasteiger partial charge in [0.05, 0.1) is 12.3 Å². The quantitative estimate of drug-likeness (QED) is 0.870. The normalized spacial score (nSPS) is 10.6. The van der Waals surface area contributed by atoms with Crippen LogP contribution in [0.3, 0.4) is 0 Å².